The molecule has 0 unspecified atom stereocenters. The van der Waals surface area contributed by atoms with E-state index in [4.69, 9.17) is 9.47 Å². The molecule has 1 aromatic rings. The van der Waals surface area contributed by atoms with Crippen molar-refractivity contribution in [3.63, 3.8) is 0 Å². The molecular formula is C20H33IN4O3. The van der Waals surface area contributed by atoms with E-state index in [1.807, 2.05) is 17.0 Å². The molecule has 2 N–H and O–H groups in total. The number of rotatable bonds is 8. The Hall–Kier alpha value is -1.71. The Labute approximate surface area is 185 Å². The van der Waals surface area contributed by atoms with Gasteiger partial charge in [-0.3, -0.25) is 9.79 Å². The summed E-state index contributed by atoms with van der Waals surface area (Å²) in [5.41, 5.74) is 2.36. The first-order valence-electron chi connectivity index (χ1n) is 9.59. The number of methoxy groups -OCH3 is 2. The lowest BCUT2D eigenvalue weighted by Crippen LogP contribution is -2.39. The first kappa shape index (κ1) is 24.3. The second-order valence-corrected chi connectivity index (χ2v) is 6.57. The van der Waals surface area contributed by atoms with Crippen LogP contribution in [0, 0.1) is 0 Å². The molecule has 158 valence electrons. The van der Waals surface area contributed by atoms with Crippen molar-refractivity contribution in [2.75, 3.05) is 40.9 Å². The average Bonchev–Trinajstić information content (AvgIpc) is 2.71. The third-order valence-electron chi connectivity index (χ3n) is 4.70. The van der Waals surface area contributed by atoms with Crippen molar-refractivity contribution in [1.82, 2.24) is 15.5 Å². The zero-order valence-electron chi connectivity index (χ0n) is 17.3. The van der Waals surface area contributed by atoms with Gasteiger partial charge in [0.25, 0.3) is 0 Å². The molecule has 28 heavy (non-hydrogen) atoms. The highest BCUT2D eigenvalue weighted by Crippen LogP contribution is 2.33. The van der Waals surface area contributed by atoms with Gasteiger partial charge in [-0.25, -0.2) is 0 Å². The maximum Gasteiger partial charge on any atom is 0.222 e. The molecule has 0 spiro atoms. The monoisotopic (exact) mass is 504 g/mol. The molecule has 1 aromatic carbocycles. The highest BCUT2D eigenvalue weighted by molar-refractivity contribution is 14.0. The van der Waals surface area contributed by atoms with Crippen LogP contribution in [-0.2, 0) is 17.8 Å². The fraction of sp³-hybridized carbons (Fsp3) is 0.600. The molecule has 0 saturated heterocycles. The van der Waals surface area contributed by atoms with Crippen molar-refractivity contribution in [3.8, 4) is 11.5 Å². The molecule has 1 aliphatic rings. The van der Waals surface area contributed by atoms with Crippen molar-refractivity contribution < 1.29 is 14.3 Å². The summed E-state index contributed by atoms with van der Waals surface area (Å²) < 4.78 is 10.8. The molecule has 0 radical (unpaired) electrons. The number of amides is 1. The summed E-state index contributed by atoms with van der Waals surface area (Å²) in [6.07, 6.45) is 3.20. The molecule has 1 amide bonds. The summed E-state index contributed by atoms with van der Waals surface area (Å²) >= 11 is 0. The molecule has 0 fully saturated rings. The fourth-order valence-corrected chi connectivity index (χ4v) is 3.16. The van der Waals surface area contributed by atoms with Crippen molar-refractivity contribution in [1.29, 1.82) is 0 Å². The van der Waals surface area contributed by atoms with Crippen LogP contribution >= 0.6 is 24.0 Å². The van der Waals surface area contributed by atoms with Crippen LogP contribution in [0.2, 0.25) is 0 Å². The van der Waals surface area contributed by atoms with Crippen LogP contribution in [0.25, 0.3) is 0 Å². The second-order valence-electron chi connectivity index (χ2n) is 6.57. The second kappa shape index (κ2) is 12.7. The van der Waals surface area contributed by atoms with E-state index in [-0.39, 0.29) is 29.9 Å². The summed E-state index contributed by atoms with van der Waals surface area (Å²) in [6, 6.07) is 4.01. The Morgan fingerprint density at radius 3 is 2.39 bits per heavy atom. The number of aliphatic imine (C=N–C) groups is 1. The van der Waals surface area contributed by atoms with Gasteiger partial charge in [-0.15, -0.1) is 24.0 Å². The Morgan fingerprint density at radius 2 is 1.79 bits per heavy atom. The molecule has 0 bridgehead atoms. The molecule has 8 heteroatoms. The van der Waals surface area contributed by atoms with Gasteiger partial charge in [0.2, 0.25) is 5.91 Å². The van der Waals surface area contributed by atoms with Crippen LogP contribution in [0.5, 0.6) is 11.5 Å². The third kappa shape index (κ3) is 6.72. The number of fused-ring (bicyclic) bond motifs is 1. The van der Waals surface area contributed by atoms with Crippen LogP contribution in [0.4, 0.5) is 0 Å². The zero-order valence-corrected chi connectivity index (χ0v) is 19.7. The number of guanidine groups is 1. The molecule has 0 aromatic heterocycles. The van der Waals surface area contributed by atoms with Crippen LogP contribution in [-0.4, -0.2) is 57.7 Å². The molecular weight excluding hydrogens is 471 g/mol. The third-order valence-corrected chi connectivity index (χ3v) is 4.70. The lowest BCUT2D eigenvalue weighted by Gasteiger charge is -2.29. The minimum Gasteiger partial charge on any atom is -0.493 e. The number of benzene rings is 1. The highest BCUT2D eigenvalue weighted by atomic mass is 127. The van der Waals surface area contributed by atoms with Crippen LogP contribution < -0.4 is 20.1 Å². The van der Waals surface area contributed by atoms with Gasteiger partial charge in [0.1, 0.15) is 0 Å². The number of nitrogens with one attached hydrogen (secondary N) is 2. The Kier molecular flexibility index (Phi) is 11.0. The van der Waals surface area contributed by atoms with E-state index in [1.54, 1.807) is 21.3 Å². The number of hydrogen-bond donors (Lipinski definition) is 2. The summed E-state index contributed by atoms with van der Waals surface area (Å²) in [6.45, 7) is 5.10. The smallest absolute Gasteiger partial charge is 0.222 e. The first-order chi connectivity index (χ1) is 13.1. The molecule has 0 aliphatic carbocycles. The van der Waals surface area contributed by atoms with E-state index in [1.165, 1.54) is 5.56 Å². The van der Waals surface area contributed by atoms with E-state index in [9.17, 15) is 4.79 Å². The summed E-state index contributed by atoms with van der Waals surface area (Å²) in [4.78, 5) is 18.7. The van der Waals surface area contributed by atoms with E-state index in [0.717, 1.165) is 56.2 Å². The number of carbonyl (C=O) groups excluding carboxylic acids is 1. The van der Waals surface area contributed by atoms with Gasteiger partial charge in [-0.2, -0.15) is 0 Å². The predicted molar refractivity (Wildman–Crippen MR) is 123 cm³/mol. The molecule has 7 nitrogen and oxygen atoms in total. The maximum absolute atomic E-state index is 12.6. The average molecular weight is 504 g/mol. The van der Waals surface area contributed by atoms with Gasteiger partial charge in [-0.05, 0) is 42.5 Å². The fourth-order valence-electron chi connectivity index (χ4n) is 3.16. The van der Waals surface area contributed by atoms with Crippen molar-refractivity contribution in [2.45, 2.75) is 39.2 Å². The number of halogens is 1. The van der Waals surface area contributed by atoms with E-state index >= 15 is 0 Å². The van der Waals surface area contributed by atoms with Crippen molar-refractivity contribution in [3.05, 3.63) is 23.3 Å². The van der Waals surface area contributed by atoms with E-state index < -0.39 is 0 Å². The SMILES string of the molecule is CCCNC(=NC)NCCCC(=O)N1CCc2cc(OC)c(OC)cc2C1.I. The lowest BCUT2D eigenvalue weighted by molar-refractivity contribution is -0.132. The highest BCUT2D eigenvalue weighted by Gasteiger charge is 2.22. The first-order valence-corrected chi connectivity index (χ1v) is 9.59. The Morgan fingerprint density at radius 1 is 1.14 bits per heavy atom. The normalized spacial score (nSPS) is 13.3. The minimum absolute atomic E-state index is 0. The van der Waals surface area contributed by atoms with Gasteiger partial charge in [0, 0.05) is 39.6 Å². The van der Waals surface area contributed by atoms with Crippen LogP contribution in [0.3, 0.4) is 0 Å². The van der Waals surface area contributed by atoms with Crippen molar-refractivity contribution in [2.24, 2.45) is 4.99 Å². The molecule has 0 atom stereocenters. The quantitative estimate of drug-likeness (QED) is 0.247. The van der Waals surface area contributed by atoms with Gasteiger partial charge < -0.3 is 25.0 Å². The maximum atomic E-state index is 12.6. The molecule has 0 saturated carbocycles. The van der Waals surface area contributed by atoms with Gasteiger partial charge >= 0.3 is 0 Å². The largest absolute Gasteiger partial charge is 0.493 e. The number of carbonyl (C=O) groups is 1. The van der Waals surface area contributed by atoms with Gasteiger partial charge in [0.15, 0.2) is 17.5 Å². The van der Waals surface area contributed by atoms with Crippen molar-refractivity contribution >= 4 is 35.8 Å². The molecule has 1 heterocycles. The standard InChI is InChI=1S/C20H32N4O3.HI/c1-5-9-22-20(21-2)23-10-6-7-19(25)24-11-8-15-12-17(26-3)18(27-4)13-16(15)14-24;/h12-13H,5-11,14H2,1-4H3,(H2,21,22,23);1H. The summed E-state index contributed by atoms with van der Waals surface area (Å²) in [5.74, 6) is 2.43. The Balaban J connectivity index is 0.00000392. The number of ether oxygens (including phenoxy) is 2. The molecule has 1 aliphatic heterocycles. The zero-order chi connectivity index (χ0) is 19.6. The van der Waals surface area contributed by atoms with Crippen LogP contribution in [0.15, 0.2) is 17.1 Å². The topological polar surface area (TPSA) is 75.2 Å². The summed E-state index contributed by atoms with van der Waals surface area (Å²) in [7, 11) is 5.03. The van der Waals surface area contributed by atoms with E-state index in [2.05, 4.69) is 22.5 Å². The lowest BCUT2D eigenvalue weighted by atomic mass is 9.98. The van der Waals surface area contributed by atoms with Gasteiger partial charge in [0.05, 0.1) is 14.2 Å². The molecule has 2 rings (SSSR count). The number of hydrogen-bond acceptors (Lipinski definition) is 4. The summed E-state index contributed by atoms with van der Waals surface area (Å²) in [5, 5.41) is 6.47. The van der Waals surface area contributed by atoms with Gasteiger partial charge in [-0.1, -0.05) is 6.92 Å². The Bertz CT molecular complexity index is 667. The predicted octanol–water partition coefficient (Wildman–Crippen LogP) is 2.56. The van der Waals surface area contributed by atoms with Crippen LogP contribution in [0.1, 0.15) is 37.3 Å². The van der Waals surface area contributed by atoms with E-state index in [0.29, 0.717) is 18.7 Å². The number of nitrogens with zero attached hydrogens (tertiary/aromatic N) is 2. The minimum atomic E-state index is 0.